The van der Waals surface area contributed by atoms with Crippen molar-refractivity contribution in [2.24, 2.45) is 0 Å². The molecule has 0 saturated carbocycles. The van der Waals surface area contributed by atoms with Crippen LogP contribution < -0.4 is 0 Å². The highest BCUT2D eigenvalue weighted by molar-refractivity contribution is 8.21. The molecule has 1 unspecified atom stereocenters. The van der Waals surface area contributed by atoms with Crippen molar-refractivity contribution in [2.75, 3.05) is 11.5 Å². The van der Waals surface area contributed by atoms with Crippen LogP contribution in [0, 0.1) is 0 Å². The molecule has 4 nitrogen and oxygen atoms in total. The minimum Gasteiger partial charge on any atom is -0.225 e. The molecule has 14 heavy (non-hydrogen) atoms. The summed E-state index contributed by atoms with van der Waals surface area (Å²) in [7, 11) is 0. The summed E-state index contributed by atoms with van der Waals surface area (Å²) in [6, 6.07) is 0. The third-order valence-electron chi connectivity index (χ3n) is 3.00. The lowest BCUT2D eigenvalue weighted by Crippen LogP contribution is -2.69. The van der Waals surface area contributed by atoms with Crippen molar-refractivity contribution in [2.45, 2.75) is 22.1 Å². The van der Waals surface area contributed by atoms with Crippen LogP contribution in [0.5, 0.6) is 0 Å². The van der Waals surface area contributed by atoms with E-state index in [1.54, 1.807) is 23.5 Å². The first kappa shape index (κ1) is 8.43. The fourth-order valence-electron chi connectivity index (χ4n) is 2.29. The summed E-state index contributed by atoms with van der Waals surface area (Å²) in [5.41, 5.74) is -0.432. The van der Waals surface area contributed by atoms with Gasteiger partial charge in [-0.15, -0.1) is 23.5 Å². The van der Waals surface area contributed by atoms with Gasteiger partial charge in [0.05, 0.1) is 0 Å². The van der Waals surface area contributed by atoms with Crippen LogP contribution >= 0.6 is 23.5 Å². The van der Waals surface area contributed by atoms with Gasteiger partial charge in [0, 0.05) is 11.5 Å². The lowest BCUT2D eigenvalue weighted by atomic mass is 9.96. The summed E-state index contributed by atoms with van der Waals surface area (Å²) in [5.74, 6) is 2.18. The highest BCUT2D eigenvalue weighted by atomic mass is 32.2. The third-order valence-corrected chi connectivity index (χ3v) is 6.32. The zero-order chi connectivity index (χ0) is 9.23. The minimum atomic E-state index is -0.432. The predicted octanol–water partition coefficient (Wildman–Crippen LogP) is 1.09. The average Bonchev–Trinajstić information content (AvgIpc) is 2.91. The van der Waals surface area contributed by atoms with E-state index in [-0.39, 0.29) is 16.5 Å². The highest BCUT2D eigenvalue weighted by Gasteiger charge is 2.78. The topological polar surface area (TPSA) is 36.9 Å². The van der Waals surface area contributed by atoms with Gasteiger partial charge in [0.2, 0.25) is 9.87 Å². The van der Waals surface area contributed by atoms with Crippen LogP contribution in [0.25, 0.3) is 0 Å². The van der Waals surface area contributed by atoms with Crippen LogP contribution in [0.1, 0.15) is 0 Å². The Labute approximate surface area is 89.1 Å². The largest absolute Gasteiger partial charge is 0.233 e. The lowest BCUT2D eigenvalue weighted by Gasteiger charge is -2.51. The van der Waals surface area contributed by atoms with Crippen LogP contribution in [0.3, 0.4) is 0 Å². The molecular formula is C8H8O4S2. The molecular weight excluding hydrogens is 224 g/mol. The van der Waals surface area contributed by atoms with E-state index >= 15 is 0 Å². The highest BCUT2D eigenvalue weighted by Crippen LogP contribution is 2.66. The van der Waals surface area contributed by atoms with E-state index < -0.39 is 5.60 Å². The Morgan fingerprint density at radius 1 is 1.00 bits per heavy atom. The van der Waals surface area contributed by atoms with Gasteiger partial charge in [-0.25, -0.2) is 19.6 Å². The Hall–Kier alpha value is 0.280. The molecule has 3 heterocycles. The van der Waals surface area contributed by atoms with E-state index in [2.05, 4.69) is 0 Å². The first-order chi connectivity index (χ1) is 6.87. The van der Waals surface area contributed by atoms with Crippen LogP contribution in [0.15, 0.2) is 12.2 Å². The predicted molar refractivity (Wildman–Crippen MR) is 51.4 cm³/mol. The maximum Gasteiger partial charge on any atom is 0.233 e. The van der Waals surface area contributed by atoms with Crippen molar-refractivity contribution < 1.29 is 19.6 Å². The van der Waals surface area contributed by atoms with Crippen molar-refractivity contribution in [1.29, 1.82) is 0 Å². The fourth-order valence-corrected chi connectivity index (χ4v) is 5.48. The molecule has 4 rings (SSSR count). The van der Waals surface area contributed by atoms with E-state index in [0.29, 0.717) is 0 Å². The van der Waals surface area contributed by atoms with Gasteiger partial charge in [-0.3, -0.25) is 0 Å². The van der Waals surface area contributed by atoms with E-state index in [9.17, 15) is 0 Å². The summed E-state index contributed by atoms with van der Waals surface area (Å²) in [6.07, 6.45) is 3.77. The zero-order valence-electron chi connectivity index (χ0n) is 7.17. The Bertz CT molecular complexity index is 298. The second kappa shape index (κ2) is 2.50. The van der Waals surface area contributed by atoms with E-state index in [4.69, 9.17) is 19.6 Å². The molecule has 0 N–H and O–H groups in total. The standard InChI is InChI=1S/C8H8O4S2/c1-2-6-7(5(1)9-10-6)8(12-11-7)13-3-4-14-8/h1-2,5-6H,3-4H2/t5-,6+,7?. The Morgan fingerprint density at radius 2 is 1.64 bits per heavy atom. The number of hydrogen-bond donors (Lipinski definition) is 0. The lowest BCUT2D eigenvalue weighted by molar-refractivity contribution is -0.500. The average molecular weight is 232 g/mol. The molecule has 0 aromatic carbocycles. The summed E-state index contributed by atoms with van der Waals surface area (Å²) >= 11 is 3.58. The normalized spacial score (nSPS) is 52.0. The maximum absolute atomic E-state index is 5.35. The van der Waals surface area contributed by atoms with Gasteiger partial charge in [0.25, 0.3) is 0 Å². The molecule has 0 aromatic rings. The van der Waals surface area contributed by atoms with Gasteiger partial charge in [0.1, 0.15) is 0 Å². The van der Waals surface area contributed by atoms with Gasteiger partial charge in [-0.1, -0.05) is 12.2 Å². The van der Waals surface area contributed by atoms with Crippen LogP contribution in [-0.2, 0) is 19.6 Å². The van der Waals surface area contributed by atoms with Crippen molar-refractivity contribution >= 4 is 23.5 Å². The Morgan fingerprint density at radius 3 is 2.07 bits per heavy atom. The van der Waals surface area contributed by atoms with Gasteiger partial charge in [0.15, 0.2) is 12.2 Å². The summed E-state index contributed by atoms with van der Waals surface area (Å²) in [5, 5.41) is 0. The monoisotopic (exact) mass is 232 g/mol. The van der Waals surface area contributed by atoms with Crippen LogP contribution in [-0.4, -0.2) is 33.6 Å². The summed E-state index contributed by atoms with van der Waals surface area (Å²) < 4.78 is -0.303. The SMILES string of the molecule is C1=C[C@H]2OO[C@@H]1C21OOC12SCCS2. The molecule has 3 fully saturated rings. The molecule has 3 aliphatic heterocycles. The second-order valence-electron chi connectivity index (χ2n) is 3.63. The fraction of sp³-hybridized carbons (Fsp3) is 0.750. The Balaban J connectivity index is 1.78. The molecule has 0 aromatic heterocycles. The molecule has 2 bridgehead atoms. The smallest absolute Gasteiger partial charge is 0.225 e. The molecule has 3 atom stereocenters. The third kappa shape index (κ3) is 0.699. The first-order valence-corrected chi connectivity index (χ1v) is 6.50. The van der Waals surface area contributed by atoms with Gasteiger partial charge >= 0.3 is 0 Å². The van der Waals surface area contributed by atoms with Crippen molar-refractivity contribution in [3.05, 3.63) is 12.2 Å². The molecule has 4 aliphatic rings. The quantitative estimate of drug-likeness (QED) is 0.460. The van der Waals surface area contributed by atoms with Crippen LogP contribution in [0.2, 0.25) is 0 Å². The first-order valence-electron chi connectivity index (χ1n) is 4.53. The van der Waals surface area contributed by atoms with Crippen LogP contribution in [0.4, 0.5) is 0 Å². The molecule has 1 aliphatic carbocycles. The maximum atomic E-state index is 5.35. The van der Waals surface area contributed by atoms with E-state index in [0.717, 1.165) is 11.5 Å². The second-order valence-corrected chi connectivity index (χ2v) is 6.43. The molecule has 3 saturated heterocycles. The van der Waals surface area contributed by atoms with Gasteiger partial charge in [-0.2, -0.15) is 0 Å². The Kier molecular flexibility index (Phi) is 1.51. The van der Waals surface area contributed by atoms with Crippen molar-refractivity contribution in [3.8, 4) is 0 Å². The van der Waals surface area contributed by atoms with E-state index in [1.807, 2.05) is 12.2 Å². The van der Waals surface area contributed by atoms with Gasteiger partial charge in [-0.05, 0) is 0 Å². The molecule has 2 spiro atoms. The van der Waals surface area contributed by atoms with Crippen molar-refractivity contribution in [3.63, 3.8) is 0 Å². The van der Waals surface area contributed by atoms with E-state index in [1.165, 1.54) is 0 Å². The molecule has 76 valence electrons. The molecule has 0 amide bonds. The number of rotatable bonds is 0. The summed E-state index contributed by atoms with van der Waals surface area (Å²) in [4.78, 5) is 21.0. The zero-order valence-corrected chi connectivity index (χ0v) is 8.81. The minimum absolute atomic E-state index is 0.112. The summed E-state index contributed by atoms with van der Waals surface area (Å²) in [6.45, 7) is 0. The molecule has 6 heteroatoms. The van der Waals surface area contributed by atoms with Crippen molar-refractivity contribution in [1.82, 2.24) is 0 Å². The van der Waals surface area contributed by atoms with Gasteiger partial charge < -0.3 is 0 Å². The number of hydrogen-bond acceptors (Lipinski definition) is 6. The molecule has 0 radical (unpaired) electrons. The number of thioether (sulfide) groups is 2.